The van der Waals surface area contributed by atoms with Crippen molar-refractivity contribution in [2.45, 2.75) is 31.9 Å². The summed E-state index contributed by atoms with van der Waals surface area (Å²) in [5.74, 6) is 0.480. The van der Waals surface area contributed by atoms with Crippen LogP contribution in [0.25, 0.3) is 0 Å². The Bertz CT molecular complexity index is 93.3. The number of hydrogen-bond acceptors (Lipinski definition) is 1. The summed E-state index contributed by atoms with van der Waals surface area (Å²) in [6.45, 7) is 0.737. The van der Waals surface area contributed by atoms with Crippen molar-refractivity contribution in [2.24, 2.45) is 5.92 Å². The summed E-state index contributed by atoms with van der Waals surface area (Å²) in [6.07, 6.45) is 3.10. The van der Waals surface area contributed by atoms with Crippen LogP contribution >= 0.6 is 0 Å². The summed E-state index contributed by atoms with van der Waals surface area (Å²) >= 11 is 0. The molecule has 0 aromatic rings. The van der Waals surface area contributed by atoms with E-state index >= 15 is 0 Å². The van der Waals surface area contributed by atoms with Crippen molar-refractivity contribution in [3.8, 4) is 0 Å². The molecule has 2 unspecified atom stereocenters. The second-order valence-corrected chi connectivity index (χ2v) is 3.09. The lowest BCUT2D eigenvalue weighted by atomic mass is 9.89. The molecule has 0 aromatic carbocycles. The first-order chi connectivity index (χ1) is 4.83. The van der Waals surface area contributed by atoms with Crippen LogP contribution in [0.2, 0.25) is 0 Å². The van der Waals surface area contributed by atoms with Gasteiger partial charge in [-0.15, -0.1) is 0 Å². The summed E-state index contributed by atoms with van der Waals surface area (Å²) in [4.78, 5) is 0. The van der Waals surface area contributed by atoms with Gasteiger partial charge in [-0.3, -0.25) is 0 Å². The number of methoxy groups -OCH3 is 1. The smallest absolute Gasteiger partial charge is 0.100 e. The van der Waals surface area contributed by atoms with Crippen LogP contribution in [0.5, 0.6) is 0 Å². The predicted octanol–water partition coefficient (Wildman–Crippen LogP) is 2.16. The van der Waals surface area contributed by atoms with Crippen molar-refractivity contribution < 1.29 is 9.13 Å². The van der Waals surface area contributed by atoms with Crippen molar-refractivity contribution in [1.29, 1.82) is 0 Å². The highest BCUT2D eigenvalue weighted by Gasteiger charge is 2.20. The van der Waals surface area contributed by atoms with E-state index in [0.29, 0.717) is 12.3 Å². The minimum atomic E-state index is -0.561. The monoisotopic (exact) mass is 146 g/mol. The standard InChI is InChI=1S/C8H15FO/c1-10-6-7-3-2-4-8(9)5-7/h7-8H,2-6H2,1H3. The van der Waals surface area contributed by atoms with Crippen molar-refractivity contribution in [3.63, 3.8) is 0 Å². The van der Waals surface area contributed by atoms with Crippen LogP contribution in [-0.4, -0.2) is 19.9 Å². The van der Waals surface area contributed by atoms with Gasteiger partial charge in [0, 0.05) is 13.7 Å². The second kappa shape index (κ2) is 3.91. The van der Waals surface area contributed by atoms with Crippen molar-refractivity contribution >= 4 is 0 Å². The molecule has 0 N–H and O–H groups in total. The average Bonchev–Trinajstić information content (AvgIpc) is 1.88. The number of alkyl halides is 1. The highest BCUT2D eigenvalue weighted by Crippen LogP contribution is 2.26. The summed E-state index contributed by atoms with van der Waals surface area (Å²) in [5, 5.41) is 0. The van der Waals surface area contributed by atoms with Crippen molar-refractivity contribution in [2.75, 3.05) is 13.7 Å². The van der Waals surface area contributed by atoms with Crippen molar-refractivity contribution in [1.82, 2.24) is 0 Å². The third-order valence-electron chi connectivity index (χ3n) is 2.12. The minimum absolute atomic E-state index is 0.480. The highest BCUT2D eigenvalue weighted by atomic mass is 19.1. The van der Waals surface area contributed by atoms with Crippen LogP contribution in [0.4, 0.5) is 4.39 Å². The maximum atomic E-state index is 12.7. The van der Waals surface area contributed by atoms with Gasteiger partial charge in [-0.25, -0.2) is 4.39 Å². The average molecular weight is 146 g/mol. The fraction of sp³-hybridized carbons (Fsp3) is 1.00. The Kier molecular flexibility index (Phi) is 3.13. The van der Waals surface area contributed by atoms with Crippen LogP contribution in [0, 0.1) is 5.92 Å². The van der Waals surface area contributed by atoms with E-state index < -0.39 is 6.17 Å². The van der Waals surface area contributed by atoms with E-state index in [-0.39, 0.29) is 0 Å². The van der Waals surface area contributed by atoms with E-state index in [4.69, 9.17) is 4.74 Å². The Morgan fingerprint density at radius 3 is 2.90 bits per heavy atom. The fourth-order valence-electron chi connectivity index (χ4n) is 1.61. The number of halogens is 1. The SMILES string of the molecule is COCC1CCCC(F)C1. The molecule has 0 amide bonds. The number of rotatable bonds is 2. The third kappa shape index (κ3) is 2.25. The minimum Gasteiger partial charge on any atom is -0.384 e. The molecular formula is C8H15FO. The van der Waals surface area contributed by atoms with E-state index in [1.54, 1.807) is 7.11 Å². The summed E-state index contributed by atoms with van der Waals surface area (Å²) < 4.78 is 17.7. The Morgan fingerprint density at radius 2 is 2.30 bits per heavy atom. The molecule has 1 rings (SSSR count). The zero-order valence-electron chi connectivity index (χ0n) is 6.48. The molecule has 0 aliphatic heterocycles. The van der Waals surface area contributed by atoms with Gasteiger partial charge < -0.3 is 4.74 Å². The van der Waals surface area contributed by atoms with E-state index in [2.05, 4.69) is 0 Å². The molecule has 0 heterocycles. The number of hydrogen-bond donors (Lipinski definition) is 0. The molecule has 2 atom stereocenters. The molecular weight excluding hydrogens is 131 g/mol. The van der Waals surface area contributed by atoms with Gasteiger partial charge in [0.15, 0.2) is 0 Å². The molecule has 1 saturated carbocycles. The lowest BCUT2D eigenvalue weighted by Crippen LogP contribution is -2.19. The molecule has 0 saturated heterocycles. The molecule has 10 heavy (non-hydrogen) atoms. The Hall–Kier alpha value is -0.110. The summed E-state index contributed by atoms with van der Waals surface area (Å²) in [7, 11) is 1.68. The quantitative estimate of drug-likeness (QED) is 0.580. The van der Waals surface area contributed by atoms with E-state index in [1.807, 2.05) is 0 Å². The zero-order chi connectivity index (χ0) is 7.40. The Labute approximate surface area is 61.6 Å². The van der Waals surface area contributed by atoms with E-state index in [9.17, 15) is 4.39 Å². The maximum absolute atomic E-state index is 12.7. The first-order valence-electron chi connectivity index (χ1n) is 3.96. The molecule has 1 aliphatic carbocycles. The third-order valence-corrected chi connectivity index (χ3v) is 2.12. The highest BCUT2D eigenvalue weighted by molar-refractivity contribution is 4.71. The number of ether oxygens (including phenoxy) is 1. The molecule has 0 radical (unpaired) electrons. The van der Waals surface area contributed by atoms with E-state index in [0.717, 1.165) is 25.9 Å². The van der Waals surface area contributed by atoms with Crippen LogP contribution in [0.1, 0.15) is 25.7 Å². The van der Waals surface area contributed by atoms with Crippen LogP contribution in [-0.2, 0) is 4.74 Å². The molecule has 1 fully saturated rings. The topological polar surface area (TPSA) is 9.23 Å². The van der Waals surface area contributed by atoms with Gasteiger partial charge in [0.2, 0.25) is 0 Å². The molecule has 0 bridgehead atoms. The van der Waals surface area contributed by atoms with Crippen molar-refractivity contribution in [3.05, 3.63) is 0 Å². The normalized spacial score (nSPS) is 34.2. The second-order valence-electron chi connectivity index (χ2n) is 3.09. The van der Waals surface area contributed by atoms with Gasteiger partial charge in [0.1, 0.15) is 6.17 Å². The van der Waals surface area contributed by atoms with Gasteiger partial charge in [0.05, 0.1) is 0 Å². The molecule has 1 aliphatic rings. The molecule has 60 valence electrons. The molecule has 0 aromatic heterocycles. The molecule has 0 spiro atoms. The fourth-order valence-corrected chi connectivity index (χ4v) is 1.61. The maximum Gasteiger partial charge on any atom is 0.100 e. The van der Waals surface area contributed by atoms with Gasteiger partial charge >= 0.3 is 0 Å². The van der Waals surface area contributed by atoms with Crippen LogP contribution in [0.3, 0.4) is 0 Å². The predicted molar refractivity (Wildman–Crippen MR) is 38.7 cm³/mol. The van der Waals surface area contributed by atoms with Gasteiger partial charge in [-0.05, 0) is 25.2 Å². The lowest BCUT2D eigenvalue weighted by Gasteiger charge is -2.23. The summed E-state index contributed by atoms with van der Waals surface area (Å²) in [6, 6.07) is 0. The molecule has 2 heteroatoms. The summed E-state index contributed by atoms with van der Waals surface area (Å²) in [5.41, 5.74) is 0. The Morgan fingerprint density at radius 1 is 1.50 bits per heavy atom. The lowest BCUT2D eigenvalue weighted by molar-refractivity contribution is 0.101. The Balaban J connectivity index is 2.18. The van der Waals surface area contributed by atoms with Gasteiger partial charge in [-0.1, -0.05) is 6.42 Å². The van der Waals surface area contributed by atoms with Gasteiger partial charge in [0.25, 0.3) is 0 Å². The van der Waals surface area contributed by atoms with Crippen LogP contribution in [0.15, 0.2) is 0 Å². The van der Waals surface area contributed by atoms with Crippen LogP contribution < -0.4 is 0 Å². The molecule has 1 nitrogen and oxygen atoms in total. The first kappa shape index (κ1) is 7.99. The zero-order valence-corrected chi connectivity index (χ0v) is 6.48. The van der Waals surface area contributed by atoms with Gasteiger partial charge in [-0.2, -0.15) is 0 Å². The van der Waals surface area contributed by atoms with E-state index in [1.165, 1.54) is 0 Å². The largest absolute Gasteiger partial charge is 0.384 e. The first-order valence-corrected chi connectivity index (χ1v) is 3.96.